The standard InChI is InChI=1S/C25H26FN3O2/c1-15-6-8-17(9-7-15)14-29-23(30)21(27-24(29)31)11-18-10-19-16(2)13-25(3,4)28(5)22(19)12-20(18)26/h6-13H,14H2,1-5H3,(H,27,31)/b21-11+. The van der Waals surface area contributed by atoms with Gasteiger partial charge >= 0.3 is 6.03 Å². The van der Waals surface area contributed by atoms with Crippen molar-refractivity contribution in [2.75, 3.05) is 11.9 Å². The lowest BCUT2D eigenvalue weighted by molar-refractivity contribution is -0.123. The SMILES string of the molecule is CC1=CC(C)(C)N(C)c2cc(F)c(/C=C3/NC(=O)N(Cc4ccc(C)cc4)C3=O)cc21. The van der Waals surface area contributed by atoms with Gasteiger partial charge in [0.05, 0.1) is 12.1 Å². The third-order valence-electron chi connectivity index (χ3n) is 6.06. The van der Waals surface area contributed by atoms with Crippen molar-refractivity contribution in [3.8, 4) is 0 Å². The zero-order valence-electron chi connectivity index (χ0n) is 18.4. The van der Waals surface area contributed by atoms with Crippen molar-refractivity contribution in [3.05, 3.63) is 76.2 Å². The van der Waals surface area contributed by atoms with E-state index in [2.05, 4.69) is 25.2 Å². The van der Waals surface area contributed by atoms with E-state index in [-0.39, 0.29) is 23.3 Å². The minimum Gasteiger partial charge on any atom is -0.365 e. The lowest BCUT2D eigenvalue weighted by atomic mass is 9.88. The van der Waals surface area contributed by atoms with Gasteiger partial charge in [-0.25, -0.2) is 9.18 Å². The zero-order chi connectivity index (χ0) is 22.5. The van der Waals surface area contributed by atoms with Crippen molar-refractivity contribution >= 4 is 29.3 Å². The average Bonchev–Trinajstić information content (AvgIpc) is 2.96. The Balaban J connectivity index is 1.65. The first-order chi connectivity index (χ1) is 14.6. The number of carbonyl (C=O) groups is 2. The van der Waals surface area contributed by atoms with Gasteiger partial charge in [0.1, 0.15) is 11.5 Å². The molecular formula is C25H26FN3O2. The molecule has 1 fully saturated rings. The van der Waals surface area contributed by atoms with Crippen LogP contribution in [0.1, 0.15) is 43.0 Å². The number of hydrogen-bond acceptors (Lipinski definition) is 3. The summed E-state index contributed by atoms with van der Waals surface area (Å²) in [6.45, 7) is 8.28. The summed E-state index contributed by atoms with van der Waals surface area (Å²) in [4.78, 5) is 28.4. The third kappa shape index (κ3) is 3.74. The van der Waals surface area contributed by atoms with Crippen LogP contribution in [0.2, 0.25) is 0 Å². The van der Waals surface area contributed by atoms with E-state index >= 15 is 0 Å². The molecule has 0 aromatic heterocycles. The van der Waals surface area contributed by atoms with Crippen molar-refractivity contribution < 1.29 is 14.0 Å². The second-order valence-electron chi connectivity index (χ2n) is 8.80. The van der Waals surface area contributed by atoms with E-state index in [9.17, 15) is 14.0 Å². The van der Waals surface area contributed by atoms with E-state index in [0.717, 1.165) is 32.9 Å². The summed E-state index contributed by atoms with van der Waals surface area (Å²) in [5.74, 6) is -0.907. The van der Waals surface area contributed by atoms with Gasteiger partial charge in [-0.1, -0.05) is 35.9 Å². The molecule has 5 nitrogen and oxygen atoms in total. The third-order valence-corrected chi connectivity index (χ3v) is 6.06. The van der Waals surface area contributed by atoms with Gasteiger partial charge in [0, 0.05) is 23.9 Å². The van der Waals surface area contributed by atoms with Gasteiger partial charge in [-0.3, -0.25) is 9.69 Å². The van der Waals surface area contributed by atoms with E-state index in [4.69, 9.17) is 0 Å². The fraction of sp³-hybridized carbons (Fsp3) is 0.280. The van der Waals surface area contributed by atoms with Crippen LogP contribution in [0.5, 0.6) is 0 Å². The molecule has 0 bridgehead atoms. The Morgan fingerprint density at radius 1 is 1.10 bits per heavy atom. The van der Waals surface area contributed by atoms with Gasteiger partial charge in [0.15, 0.2) is 0 Å². The molecule has 1 N–H and O–H groups in total. The number of halogens is 1. The predicted octanol–water partition coefficient (Wildman–Crippen LogP) is 4.86. The van der Waals surface area contributed by atoms with Crippen LogP contribution in [-0.2, 0) is 11.3 Å². The Bertz CT molecular complexity index is 1150. The molecule has 6 heteroatoms. The van der Waals surface area contributed by atoms with Crippen molar-refractivity contribution in [2.24, 2.45) is 0 Å². The Morgan fingerprint density at radius 3 is 2.45 bits per heavy atom. The molecule has 4 rings (SSSR count). The fourth-order valence-electron chi connectivity index (χ4n) is 4.05. The second kappa shape index (κ2) is 7.38. The number of amides is 3. The number of allylic oxidation sites excluding steroid dienone is 1. The van der Waals surface area contributed by atoms with Crippen molar-refractivity contribution in [2.45, 2.75) is 39.8 Å². The van der Waals surface area contributed by atoms with Gasteiger partial charge in [0.2, 0.25) is 0 Å². The van der Waals surface area contributed by atoms with E-state index in [1.165, 1.54) is 12.1 Å². The van der Waals surface area contributed by atoms with Gasteiger partial charge < -0.3 is 10.2 Å². The summed E-state index contributed by atoms with van der Waals surface area (Å²) in [5.41, 5.74) is 4.80. The number of fused-ring (bicyclic) bond motifs is 1. The lowest BCUT2D eigenvalue weighted by Crippen LogP contribution is -2.42. The van der Waals surface area contributed by atoms with Crippen molar-refractivity contribution in [1.29, 1.82) is 0 Å². The maximum Gasteiger partial charge on any atom is 0.329 e. The Labute approximate surface area is 181 Å². The highest BCUT2D eigenvalue weighted by Crippen LogP contribution is 2.39. The summed E-state index contributed by atoms with van der Waals surface area (Å²) >= 11 is 0. The molecule has 2 aliphatic rings. The van der Waals surface area contributed by atoms with Crippen molar-refractivity contribution in [1.82, 2.24) is 10.2 Å². The average molecular weight is 420 g/mol. The first kappa shape index (κ1) is 20.8. The number of imide groups is 1. The molecule has 2 aromatic carbocycles. The molecule has 0 radical (unpaired) electrons. The Kier molecular flexibility index (Phi) is 4.96. The molecule has 160 valence electrons. The maximum atomic E-state index is 15.0. The van der Waals surface area contributed by atoms with Crippen LogP contribution in [0.15, 0.2) is 48.2 Å². The van der Waals surface area contributed by atoms with Crippen LogP contribution in [0.3, 0.4) is 0 Å². The first-order valence-corrected chi connectivity index (χ1v) is 10.2. The molecule has 0 aliphatic carbocycles. The highest BCUT2D eigenvalue weighted by Gasteiger charge is 2.34. The summed E-state index contributed by atoms with van der Waals surface area (Å²) in [5, 5.41) is 2.58. The lowest BCUT2D eigenvalue weighted by Gasteiger charge is -2.40. The number of aryl methyl sites for hydroxylation is 1. The van der Waals surface area contributed by atoms with Gasteiger partial charge in [-0.15, -0.1) is 0 Å². The van der Waals surface area contributed by atoms with Crippen molar-refractivity contribution in [3.63, 3.8) is 0 Å². The molecule has 0 atom stereocenters. The van der Waals surface area contributed by atoms with Crippen LogP contribution in [0.25, 0.3) is 11.6 Å². The number of nitrogens with zero attached hydrogens (tertiary/aromatic N) is 2. The maximum absolute atomic E-state index is 15.0. The second-order valence-corrected chi connectivity index (χ2v) is 8.80. The molecule has 1 saturated heterocycles. The van der Waals surface area contributed by atoms with Crippen LogP contribution >= 0.6 is 0 Å². The minimum absolute atomic E-state index is 0.0714. The summed E-state index contributed by atoms with van der Waals surface area (Å²) in [7, 11) is 1.93. The molecule has 2 aromatic rings. The minimum atomic E-state index is -0.507. The smallest absolute Gasteiger partial charge is 0.329 e. The summed E-state index contributed by atoms with van der Waals surface area (Å²) in [6, 6.07) is 10.3. The van der Waals surface area contributed by atoms with E-state index < -0.39 is 17.8 Å². The number of anilines is 1. The Morgan fingerprint density at radius 2 is 1.77 bits per heavy atom. The highest BCUT2D eigenvalue weighted by atomic mass is 19.1. The predicted molar refractivity (Wildman–Crippen MR) is 121 cm³/mol. The molecule has 0 spiro atoms. The molecule has 31 heavy (non-hydrogen) atoms. The number of carbonyl (C=O) groups excluding carboxylic acids is 2. The number of urea groups is 1. The molecule has 2 aliphatic heterocycles. The monoisotopic (exact) mass is 419 g/mol. The van der Waals surface area contributed by atoms with Gasteiger partial charge in [-0.05, 0) is 57.0 Å². The van der Waals surface area contributed by atoms with Crippen LogP contribution in [0, 0.1) is 12.7 Å². The number of likely N-dealkylation sites (N-methyl/N-ethyl adjacent to an activating group) is 1. The number of benzene rings is 2. The van der Waals surface area contributed by atoms with Gasteiger partial charge in [0.25, 0.3) is 5.91 Å². The molecular weight excluding hydrogens is 393 g/mol. The Hall–Kier alpha value is -3.41. The van der Waals surface area contributed by atoms with E-state index in [1.807, 2.05) is 50.1 Å². The molecule has 2 heterocycles. The molecule has 3 amide bonds. The van der Waals surface area contributed by atoms with Crippen LogP contribution < -0.4 is 10.2 Å². The number of hydrogen-bond donors (Lipinski definition) is 1. The molecule has 0 unspecified atom stereocenters. The number of rotatable bonds is 3. The fourth-order valence-corrected chi connectivity index (χ4v) is 4.05. The highest BCUT2D eigenvalue weighted by molar-refractivity contribution is 6.14. The normalized spacial score (nSPS) is 18.9. The summed E-state index contributed by atoms with van der Waals surface area (Å²) in [6.07, 6.45) is 3.55. The quantitative estimate of drug-likeness (QED) is 0.571. The van der Waals surface area contributed by atoms with E-state index in [1.54, 1.807) is 6.07 Å². The van der Waals surface area contributed by atoms with E-state index in [0.29, 0.717) is 0 Å². The first-order valence-electron chi connectivity index (χ1n) is 10.2. The van der Waals surface area contributed by atoms with Crippen LogP contribution in [0.4, 0.5) is 14.9 Å². The zero-order valence-corrected chi connectivity index (χ0v) is 18.4. The molecule has 0 saturated carbocycles. The largest absolute Gasteiger partial charge is 0.365 e. The number of nitrogens with one attached hydrogen (secondary N) is 1. The summed E-state index contributed by atoms with van der Waals surface area (Å²) < 4.78 is 15.0. The topological polar surface area (TPSA) is 52.7 Å². The van der Waals surface area contributed by atoms with Gasteiger partial charge in [-0.2, -0.15) is 0 Å². The van der Waals surface area contributed by atoms with Crippen LogP contribution in [-0.4, -0.2) is 29.4 Å².